The lowest BCUT2D eigenvalue weighted by atomic mass is 10.1. The molecule has 4 nitrogen and oxygen atoms in total. The second-order valence-corrected chi connectivity index (χ2v) is 5.02. The van der Waals surface area contributed by atoms with Gasteiger partial charge in [0.25, 0.3) is 0 Å². The van der Waals surface area contributed by atoms with Crippen molar-refractivity contribution in [2.75, 3.05) is 19.5 Å². The number of rotatable bonds is 5. The molecule has 2 aromatic rings. The van der Waals surface area contributed by atoms with Crippen LogP contribution in [0.5, 0.6) is 11.5 Å². The van der Waals surface area contributed by atoms with Crippen LogP contribution in [0, 0.1) is 6.92 Å². The molecule has 0 aromatic heterocycles. The van der Waals surface area contributed by atoms with E-state index in [1.165, 1.54) is 0 Å². The second-order valence-electron chi connectivity index (χ2n) is 4.59. The normalized spacial score (nSPS) is 10.0. The summed E-state index contributed by atoms with van der Waals surface area (Å²) in [5, 5.41) is 3.32. The molecule has 2 rings (SSSR count). The predicted octanol–water partition coefficient (Wildman–Crippen LogP) is 3.39. The third kappa shape index (κ3) is 3.44. The molecule has 21 heavy (non-hydrogen) atoms. The number of methoxy groups -OCH3 is 2. The van der Waals surface area contributed by atoms with Crippen molar-refractivity contribution in [2.24, 2.45) is 5.73 Å². The number of nitrogens with one attached hydrogen (secondary N) is 1. The highest BCUT2D eigenvalue weighted by Crippen LogP contribution is 2.31. The van der Waals surface area contributed by atoms with E-state index < -0.39 is 0 Å². The van der Waals surface area contributed by atoms with Crippen molar-refractivity contribution in [3.8, 4) is 11.5 Å². The number of benzene rings is 2. The Balaban J connectivity index is 2.30. The van der Waals surface area contributed by atoms with Crippen molar-refractivity contribution >= 4 is 28.6 Å². The monoisotopic (exact) mass is 302 g/mol. The van der Waals surface area contributed by atoms with Crippen LogP contribution in [0.2, 0.25) is 0 Å². The molecule has 0 atom stereocenters. The first-order valence-electron chi connectivity index (χ1n) is 6.44. The molecule has 0 heterocycles. The Labute approximate surface area is 129 Å². The van der Waals surface area contributed by atoms with E-state index in [0.29, 0.717) is 10.7 Å². The van der Waals surface area contributed by atoms with Crippen LogP contribution >= 0.6 is 12.2 Å². The first kappa shape index (κ1) is 15.1. The maximum Gasteiger partial charge on any atom is 0.145 e. The van der Waals surface area contributed by atoms with Crippen LogP contribution in [0.25, 0.3) is 0 Å². The molecule has 0 aliphatic heterocycles. The second kappa shape index (κ2) is 6.45. The van der Waals surface area contributed by atoms with Crippen LogP contribution in [0.15, 0.2) is 36.4 Å². The molecule has 5 heteroatoms. The summed E-state index contributed by atoms with van der Waals surface area (Å²) in [6, 6.07) is 11.5. The third-order valence-corrected chi connectivity index (χ3v) is 3.40. The number of anilines is 2. The Hall–Kier alpha value is -2.27. The van der Waals surface area contributed by atoms with Gasteiger partial charge in [-0.05, 0) is 42.8 Å². The maximum absolute atomic E-state index is 5.67. The quantitative estimate of drug-likeness (QED) is 0.829. The lowest BCUT2D eigenvalue weighted by Gasteiger charge is -2.14. The molecule has 0 unspecified atom stereocenters. The molecule has 3 N–H and O–H groups in total. The smallest absolute Gasteiger partial charge is 0.145 e. The van der Waals surface area contributed by atoms with Gasteiger partial charge in [0.15, 0.2) is 0 Å². The van der Waals surface area contributed by atoms with Crippen molar-refractivity contribution < 1.29 is 9.47 Å². The molecule has 0 fully saturated rings. The zero-order chi connectivity index (χ0) is 15.4. The largest absolute Gasteiger partial charge is 0.497 e. The Morgan fingerprint density at radius 1 is 1.10 bits per heavy atom. The molecule has 0 aliphatic carbocycles. The van der Waals surface area contributed by atoms with Crippen LogP contribution in [0.1, 0.15) is 11.1 Å². The van der Waals surface area contributed by atoms with E-state index in [1.54, 1.807) is 14.2 Å². The molecular weight excluding hydrogens is 284 g/mol. The van der Waals surface area contributed by atoms with Gasteiger partial charge in [0.05, 0.1) is 19.9 Å². The summed E-state index contributed by atoms with van der Waals surface area (Å²) in [4.78, 5) is 0.404. The number of hydrogen-bond acceptors (Lipinski definition) is 4. The van der Waals surface area contributed by atoms with Gasteiger partial charge >= 0.3 is 0 Å². The molecule has 110 valence electrons. The van der Waals surface area contributed by atoms with Gasteiger partial charge in [0.1, 0.15) is 16.5 Å². The summed E-state index contributed by atoms with van der Waals surface area (Å²) in [5.74, 6) is 1.46. The van der Waals surface area contributed by atoms with Crippen LogP contribution < -0.4 is 20.5 Å². The van der Waals surface area contributed by atoms with E-state index in [4.69, 9.17) is 27.4 Å². The number of hydrogen-bond donors (Lipinski definition) is 2. The van der Waals surface area contributed by atoms with Crippen molar-refractivity contribution in [2.45, 2.75) is 6.92 Å². The lowest BCUT2D eigenvalue weighted by Crippen LogP contribution is -2.11. The lowest BCUT2D eigenvalue weighted by molar-refractivity contribution is 0.395. The average Bonchev–Trinajstić information content (AvgIpc) is 2.47. The number of ether oxygens (including phenoxy) is 2. The van der Waals surface area contributed by atoms with E-state index in [0.717, 1.165) is 28.3 Å². The van der Waals surface area contributed by atoms with E-state index in [1.807, 2.05) is 43.3 Å². The molecule has 0 saturated carbocycles. The highest BCUT2D eigenvalue weighted by Gasteiger charge is 2.07. The van der Waals surface area contributed by atoms with Crippen molar-refractivity contribution in [3.63, 3.8) is 0 Å². The highest BCUT2D eigenvalue weighted by atomic mass is 32.1. The van der Waals surface area contributed by atoms with Gasteiger partial charge in [-0.1, -0.05) is 12.2 Å². The summed E-state index contributed by atoms with van der Waals surface area (Å²) in [6.45, 7) is 1.98. The Morgan fingerprint density at radius 3 is 2.43 bits per heavy atom. The fourth-order valence-electron chi connectivity index (χ4n) is 2.08. The van der Waals surface area contributed by atoms with E-state index >= 15 is 0 Å². The van der Waals surface area contributed by atoms with Gasteiger partial charge in [-0.25, -0.2) is 0 Å². The van der Waals surface area contributed by atoms with Crippen LogP contribution in [-0.4, -0.2) is 19.2 Å². The van der Waals surface area contributed by atoms with E-state index in [2.05, 4.69) is 5.32 Å². The van der Waals surface area contributed by atoms with Gasteiger partial charge < -0.3 is 20.5 Å². The van der Waals surface area contributed by atoms with E-state index in [-0.39, 0.29) is 0 Å². The summed E-state index contributed by atoms with van der Waals surface area (Å²) in [5.41, 5.74) is 9.39. The molecule has 0 spiro atoms. The highest BCUT2D eigenvalue weighted by molar-refractivity contribution is 7.80. The fraction of sp³-hybridized carbons (Fsp3) is 0.188. The molecule has 0 radical (unpaired) electrons. The molecule has 0 saturated heterocycles. The first-order valence-corrected chi connectivity index (χ1v) is 6.85. The Morgan fingerprint density at radius 2 is 1.86 bits per heavy atom. The summed E-state index contributed by atoms with van der Waals surface area (Å²) in [7, 11) is 3.25. The van der Waals surface area contributed by atoms with Gasteiger partial charge in [0.2, 0.25) is 0 Å². The van der Waals surface area contributed by atoms with Crippen LogP contribution in [-0.2, 0) is 0 Å². The predicted molar refractivity (Wildman–Crippen MR) is 89.9 cm³/mol. The third-order valence-electron chi connectivity index (χ3n) is 3.18. The SMILES string of the molecule is COc1ccc(Nc2ccc(C(N)=S)c(C)c2)c(OC)c1. The summed E-state index contributed by atoms with van der Waals surface area (Å²) < 4.78 is 10.6. The number of nitrogens with two attached hydrogens (primary N) is 1. The minimum Gasteiger partial charge on any atom is -0.497 e. The fourth-order valence-corrected chi connectivity index (χ4v) is 2.30. The molecule has 0 amide bonds. The van der Waals surface area contributed by atoms with Gasteiger partial charge in [-0.15, -0.1) is 0 Å². The van der Waals surface area contributed by atoms with Gasteiger partial charge in [-0.2, -0.15) is 0 Å². The Kier molecular flexibility index (Phi) is 4.65. The zero-order valence-electron chi connectivity index (χ0n) is 12.3. The number of aryl methyl sites for hydroxylation is 1. The molecule has 2 aromatic carbocycles. The maximum atomic E-state index is 5.67. The first-order chi connectivity index (χ1) is 10.0. The average molecular weight is 302 g/mol. The standard InChI is InChI=1S/C16H18N2O2S/c1-10-8-11(4-6-13(10)16(17)21)18-14-7-5-12(19-2)9-15(14)20-3/h4-9,18H,1-3H3,(H2,17,21). The van der Waals surface area contributed by atoms with Crippen LogP contribution in [0.3, 0.4) is 0 Å². The van der Waals surface area contributed by atoms with Crippen molar-refractivity contribution in [3.05, 3.63) is 47.5 Å². The molecule has 0 bridgehead atoms. The van der Waals surface area contributed by atoms with Gasteiger partial charge in [-0.3, -0.25) is 0 Å². The zero-order valence-corrected chi connectivity index (χ0v) is 13.1. The van der Waals surface area contributed by atoms with Crippen molar-refractivity contribution in [1.29, 1.82) is 0 Å². The summed E-state index contributed by atoms with van der Waals surface area (Å²) >= 11 is 5.01. The van der Waals surface area contributed by atoms with E-state index in [9.17, 15) is 0 Å². The summed E-state index contributed by atoms with van der Waals surface area (Å²) in [6.07, 6.45) is 0. The molecular formula is C16H18N2O2S. The minimum absolute atomic E-state index is 0.404. The number of thiocarbonyl (C=S) groups is 1. The van der Waals surface area contributed by atoms with Gasteiger partial charge in [0, 0.05) is 17.3 Å². The molecule has 0 aliphatic rings. The Bertz CT molecular complexity index is 671. The minimum atomic E-state index is 0.404. The topological polar surface area (TPSA) is 56.5 Å². The van der Waals surface area contributed by atoms with Crippen molar-refractivity contribution in [1.82, 2.24) is 0 Å². The van der Waals surface area contributed by atoms with Crippen LogP contribution in [0.4, 0.5) is 11.4 Å².